The van der Waals surface area contributed by atoms with Gasteiger partial charge in [-0.25, -0.2) is 0 Å². The molecule has 1 aromatic heterocycles. The van der Waals surface area contributed by atoms with Crippen molar-refractivity contribution >= 4 is 5.69 Å². The monoisotopic (exact) mass is 308 g/mol. The van der Waals surface area contributed by atoms with Crippen LogP contribution in [0.3, 0.4) is 0 Å². The summed E-state index contributed by atoms with van der Waals surface area (Å²) in [6.45, 7) is 2.29. The number of nitro groups is 1. The first-order chi connectivity index (χ1) is 11.1. The number of benzene rings is 2. The number of non-ortho nitro benzene ring substituents is 1. The molecule has 7 nitrogen and oxygen atoms in total. The fourth-order valence-electron chi connectivity index (χ4n) is 2.61. The maximum atomic E-state index is 11.1. The van der Waals surface area contributed by atoms with E-state index in [1.54, 1.807) is 6.07 Å². The van der Waals surface area contributed by atoms with Gasteiger partial charge in [-0.05, 0) is 13.0 Å². The number of aromatic nitrogens is 3. The van der Waals surface area contributed by atoms with E-state index in [9.17, 15) is 10.1 Å². The van der Waals surface area contributed by atoms with Crippen molar-refractivity contribution < 1.29 is 9.66 Å². The fourth-order valence-corrected chi connectivity index (χ4v) is 2.61. The van der Waals surface area contributed by atoms with Crippen LogP contribution in [-0.2, 0) is 6.61 Å². The molecule has 23 heavy (non-hydrogen) atoms. The number of nitro benzene ring substituents is 1. The topological polar surface area (TPSA) is 83.1 Å². The van der Waals surface area contributed by atoms with Crippen LogP contribution in [0.4, 0.5) is 5.69 Å². The van der Waals surface area contributed by atoms with E-state index in [1.165, 1.54) is 12.1 Å². The molecule has 0 N–H and O–H groups in total. The summed E-state index contributed by atoms with van der Waals surface area (Å²) in [6, 6.07) is 12.4. The number of ether oxygens (including phenoxy) is 1. The first kappa shape index (κ1) is 13.4. The third-order valence-electron chi connectivity index (χ3n) is 3.79. The molecule has 1 aliphatic rings. The molecule has 7 heteroatoms. The van der Waals surface area contributed by atoms with Crippen molar-refractivity contribution in [2.24, 2.45) is 0 Å². The van der Waals surface area contributed by atoms with Crippen LogP contribution in [0.2, 0.25) is 0 Å². The molecule has 0 saturated heterocycles. The number of nitrogens with zero attached hydrogens (tertiary/aromatic N) is 4. The third kappa shape index (κ3) is 2.13. The zero-order chi connectivity index (χ0) is 16.0. The summed E-state index contributed by atoms with van der Waals surface area (Å²) in [5.41, 5.74) is 2.63. The lowest BCUT2D eigenvalue weighted by atomic mass is 10.1. The Balaban J connectivity index is 1.92. The van der Waals surface area contributed by atoms with Gasteiger partial charge in [0.1, 0.15) is 12.4 Å². The van der Waals surface area contributed by atoms with Crippen molar-refractivity contribution in [1.29, 1.82) is 0 Å². The summed E-state index contributed by atoms with van der Waals surface area (Å²) in [4.78, 5) is 10.6. The first-order valence-corrected chi connectivity index (χ1v) is 7.06. The quantitative estimate of drug-likeness (QED) is 0.536. The lowest BCUT2D eigenvalue weighted by Crippen LogP contribution is -2.14. The van der Waals surface area contributed by atoms with Gasteiger partial charge in [-0.15, -0.1) is 10.2 Å². The molecule has 114 valence electrons. The SMILES string of the molecule is Cc1ccc(-c2nnc3n2-c2cc([N+](=O)[O-])ccc2OC3)cc1. The zero-order valence-corrected chi connectivity index (χ0v) is 12.3. The van der Waals surface area contributed by atoms with E-state index in [-0.39, 0.29) is 12.3 Å². The van der Waals surface area contributed by atoms with E-state index < -0.39 is 4.92 Å². The molecule has 0 bridgehead atoms. The van der Waals surface area contributed by atoms with Gasteiger partial charge < -0.3 is 4.74 Å². The van der Waals surface area contributed by atoms with Crippen LogP contribution in [0.1, 0.15) is 11.4 Å². The normalized spacial score (nSPS) is 12.2. The second kappa shape index (κ2) is 4.91. The molecule has 0 atom stereocenters. The minimum absolute atomic E-state index is 0.00348. The minimum Gasteiger partial charge on any atom is -0.483 e. The van der Waals surface area contributed by atoms with Crippen LogP contribution >= 0.6 is 0 Å². The number of fused-ring (bicyclic) bond motifs is 3. The molecule has 0 saturated carbocycles. The summed E-state index contributed by atoms with van der Waals surface area (Å²) in [5, 5.41) is 19.4. The molecule has 0 amide bonds. The molecule has 1 aliphatic heterocycles. The Morgan fingerprint density at radius 3 is 2.70 bits per heavy atom. The van der Waals surface area contributed by atoms with Crippen molar-refractivity contribution in [3.8, 4) is 22.8 Å². The molecule has 0 unspecified atom stereocenters. The van der Waals surface area contributed by atoms with E-state index >= 15 is 0 Å². The molecule has 0 radical (unpaired) electrons. The lowest BCUT2D eigenvalue weighted by Gasteiger charge is -2.19. The van der Waals surface area contributed by atoms with Gasteiger partial charge in [-0.3, -0.25) is 14.7 Å². The maximum Gasteiger partial charge on any atom is 0.271 e. The Bertz CT molecular complexity index is 916. The Morgan fingerprint density at radius 1 is 1.17 bits per heavy atom. The number of aryl methyl sites for hydroxylation is 1. The van der Waals surface area contributed by atoms with Crippen LogP contribution in [-0.4, -0.2) is 19.7 Å². The van der Waals surface area contributed by atoms with Crippen molar-refractivity contribution in [2.45, 2.75) is 13.5 Å². The number of hydrogen-bond donors (Lipinski definition) is 0. The lowest BCUT2D eigenvalue weighted by molar-refractivity contribution is -0.384. The molecule has 2 aromatic carbocycles. The van der Waals surface area contributed by atoms with Gasteiger partial charge in [0, 0.05) is 17.7 Å². The van der Waals surface area contributed by atoms with Crippen LogP contribution < -0.4 is 4.74 Å². The van der Waals surface area contributed by atoms with Gasteiger partial charge in [-0.2, -0.15) is 0 Å². The highest BCUT2D eigenvalue weighted by atomic mass is 16.6. The first-order valence-electron chi connectivity index (χ1n) is 7.06. The highest BCUT2D eigenvalue weighted by molar-refractivity contribution is 5.64. The summed E-state index contributed by atoms with van der Waals surface area (Å²) in [6.07, 6.45) is 0. The Labute approximate surface area is 131 Å². The van der Waals surface area contributed by atoms with Crippen LogP contribution in [0.15, 0.2) is 42.5 Å². The van der Waals surface area contributed by atoms with E-state index in [4.69, 9.17) is 4.74 Å². The van der Waals surface area contributed by atoms with E-state index in [0.717, 1.165) is 11.1 Å². The summed E-state index contributed by atoms with van der Waals surface area (Å²) < 4.78 is 7.42. The average molecular weight is 308 g/mol. The van der Waals surface area contributed by atoms with Gasteiger partial charge in [-0.1, -0.05) is 29.8 Å². The highest BCUT2D eigenvalue weighted by Gasteiger charge is 2.25. The minimum atomic E-state index is -0.426. The zero-order valence-electron chi connectivity index (χ0n) is 12.3. The van der Waals surface area contributed by atoms with Crippen molar-refractivity contribution in [1.82, 2.24) is 14.8 Å². The van der Waals surface area contributed by atoms with Gasteiger partial charge in [0.25, 0.3) is 5.69 Å². The number of rotatable bonds is 2. The van der Waals surface area contributed by atoms with Gasteiger partial charge in [0.05, 0.1) is 10.6 Å². The van der Waals surface area contributed by atoms with Crippen LogP contribution in [0, 0.1) is 17.0 Å². The number of hydrogen-bond acceptors (Lipinski definition) is 5. The second-order valence-corrected chi connectivity index (χ2v) is 5.34. The Kier molecular flexibility index (Phi) is 2.87. The van der Waals surface area contributed by atoms with Gasteiger partial charge >= 0.3 is 0 Å². The van der Waals surface area contributed by atoms with Crippen molar-refractivity contribution in [2.75, 3.05) is 0 Å². The fraction of sp³-hybridized carbons (Fsp3) is 0.125. The predicted molar refractivity (Wildman–Crippen MR) is 82.5 cm³/mol. The second-order valence-electron chi connectivity index (χ2n) is 5.34. The molecule has 3 aromatic rings. The highest BCUT2D eigenvalue weighted by Crippen LogP contribution is 2.35. The van der Waals surface area contributed by atoms with Crippen LogP contribution in [0.25, 0.3) is 17.1 Å². The van der Waals surface area contributed by atoms with Crippen molar-refractivity contribution in [3.63, 3.8) is 0 Å². The van der Waals surface area contributed by atoms with Gasteiger partial charge in [0.15, 0.2) is 11.6 Å². The largest absolute Gasteiger partial charge is 0.483 e. The van der Waals surface area contributed by atoms with Crippen molar-refractivity contribution in [3.05, 3.63) is 64.0 Å². The Morgan fingerprint density at radius 2 is 1.96 bits per heavy atom. The Hall–Kier alpha value is -3.22. The van der Waals surface area contributed by atoms with E-state index in [2.05, 4.69) is 10.2 Å². The van der Waals surface area contributed by atoms with E-state index in [1.807, 2.05) is 35.8 Å². The molecule has 0 spiro atoms. The maximum absolute atomic E-state index is 11.1. The molecule has 0 aliphatic carbocycles. The standard InChI is InChI=1S/C16H12N4O3/c1-10-2-4-11(5-3-10)16-18-17-15-9-23-14-7-6-12(20(21)22)8-13(14)19(15)16/h2-8H,9H2,1H3. The smallest absolute Gasteiger partial charge is 0.271 e. The molecule has 0 fully saturated rings. The third-order valence-corrected chi connectivity index (χ3v) is 3.79. The summed E-state index contributed by atoms with van der Waals surface area (Å²) >= 11 is 0. The average Bonchev–Trinajstić information content (AvgIpc) is 2.99. The molecule has 2 heterocycles. The summed E-state index contributed by atoms with van der Waals surface area (Å²) in [5.74, 6) is 1.84. The molecule has 4 rings (SSSR count). The summed E-state index contributed by atoms with van der Waals surface area (Å²) in [7, 11) is 0. The van der Waals surface area contributed by atoms with Crippen LogP contribution in [0.5, 0.6) is 5.75 Å². The van der Waals surface area contributed by atoms with Gasteiger partial charge in [0.2, 0.25) is 0 Å². The predicted octanol–water partition coefficient (Wildman–Crippen LogP) is 3.04. The molecular formula is C16H12N4O3. The van der Waals surface area contributed by atoms with E-state index in [0.29, 0.717) is 23.1 Å². The molecular weight excluding hydrogens is 296 g/mol.